The molecule has 1 fully saturated rings. The quantitative estimate of drug-likeness (QED) is 0.839. The molecule has 3 nitrogen and oxygen atoms in total. The van der Waals surface area contributed by atoms with Crippen molar-refractivity contribution in [2.24, 2.45) is 0 Å². The lowest BCUT2D eigenvalue weighted by Crippen LogP contribution is -2.37. The SMILES string of the molecule is O=C(CNC1CCCC1)NCc1ccccc1F. The van der Waals surface area contributed by atoms with Gasteiger partial charge in [0.05, 0.1) is 6.54 Å². The fourth-order valence-electron chi connectivity index (χ4n) is 2.27. The van der Waals surface area contributed by atoms with Crippen molar-refractivity contribution < 1.29 is 9.18 Å². The van der Waals surface area contributed by atoms with Crippen molar-refractivity contribution in [1.29, 1.82) is 0 Å². The molecule has 2 N–H and O–H groups in total. The second-order valence-corrected chi connectivity index (χ2v) is 4.73. The molecule has 1 amide bonds. The van der Waals surface area contributed by atoms with Crippen LogP contribution in [-0.4, -0.2) is 18.5 Å². The molecule has 1 aliphatic carbocycles. The molecule has 0 saturated heterocycles. The van der Waals surface area contributed by atoms with Crippen LogP contribution >= 0.6 is 0 Å². The van der Waals surface area contributed by atoms with E-state index in [-0.39, 0.29) is 18.3 Å². The van der Waals surface area contributed by atoms with Gasteiger partial charge in [-0.2, -0.15) is 0 Å². The molecule has 1 saturated carbocycles. The molecule has 0 radical (unpaired) electrons. The van der Waals surface area contributed by atoms with E-state index in [1.54, 1.807) is 18.2 Å². The van der Waals surface area contributed by atoms with Gasteiger partial charge in [0, 0.05) is 18.2 Å². The van der Waals surface area contributed by atoms with Crippen molar-refractivity contribution in [1.82, 2.24) is 10.6 Å². The lowest BCUT2D eigenvalue weighted by Gasteiger charge is -2.11. The van der Waals surface area contributed by atoms with Gasteiger partial charge in [0.25, 0.3) is 0 Å². The highest BCUT2D eigenvalue weighted by Crippen LogP contribution is 2.17. The van der Waals surface area contributed by atoms with Crippen LogP contribution in [0.4, 0.5) is 4.39 Å². The first kappa shape index (κ1) is 13.0. The molecule has 0 aromatic heterocycles. The van der Waals surface area contributed by atoms with Crippen LogP contribution in [0.3, 0.4) is 0 Å². The van der Waals surface area contributed by atoms with Gasteiger partial charge in [-0.25, -0.2) is 4.39 Å². The van der Waals surface area contributed by atoms with E-state index in [0.29, 0.717) is 18.2 Å². The maximum absolute atomic E-state index is 13.3. The van der Waals surface area contributed by atoms with E-state index < -0.39 is 0 Å². The summed E-state index contributed by atoms with van der Waals surface area (Å²) in [7, 11) is 0. The molecule has 0 bridgehead atoms. The van der Waals surface area contributed by atoms with Crippen LogP contribution in [0.5, 0.6) is 0 Å². The highest BCUT2D eigenvalue weighted by molar-refractivity contribution is 5.78. The molecule has 4 heteroatoms. The van der Waals surface area contributed by atoms with E-state index in [1.807, 2.05) is 0 Å². The summed E-state index contributed by atoms with van der Waals surface area (Å²) in [5, 5.41) is 5.95. The molecule has 98 valence electrons. The number of nitrogens with one attached hydrogen (secondary N) is 2. The van der Waals surface area contributed by atoms with Gasteiger partial charge in [0.2, 0.25) is 5.91 Å². The molecule has 2 rings (SSSR count). The van der Waals surface area contributed by atoms with Crippen molar-refractivity contribution in [2.75, 3.05) is 6.54 Å². The zero-order valence-electron chi connectivity index (χ0n) is 10.4. The van der Waals surface area contributed by atoms with E-state index in [9.17, 15) is 9.18 Å². The highest BCUT2D eigenvalue weighted by atomic mass is 19.1. The Balaban J connectivity index is 1.69. The molecular weight excluding hydrogens is 231 g/mol. The van der Waals surface area contributed by atoms with Gasteiger partial charge in [-0.1, -0.05) is 31.0 Å². The van der Waals surface area contributed by atoms with Gasteiger partial charge < -0.3 is 10.6 Å². The highest BCUT2D eigenvalue weighted by Gasteiger charge is 2.15. The predicted octanol–water partition coefficient (Wildman–Crippen LogP) is 1.97. The third-order valence-corrected chi connectivity index (χ3v) is 3.34. The van der Waals surface area contributed by atoms with Crippen LogP contribution in [0.15, 0.2) is 24.3 Å². The van der Waals surface area contributed by atoms with E-state index in [0.717, 1.165) is 12.8 Å². The van der Waals surface area contributed by atoms with Gasteiger partial charge in [0.15, 0.2) is 0 Å². The van der Waals surface area contributed by atoms with Gasteiger partial charge >= 0.3 is 0 Å². The van der Waals surface area contributed by atoms with Crippen molar-refractivity contribution in [2.45, 2.75) is 38.3 Å². The summed E-state index contributed by atoms with van der Waals surface area (Å²) in [4.78, 5) is 11.6. The van der Waals surface area contributed by atoms with Crippen molar-refractivity contribution in [3.05, 3.63) is 35.6 Å². The van der Waals surface area contributed by atoms with Gasteiger partial charge in [0.1, 0.15) is 5.82 Å². The molecule has 1 aromatic carbocycles. The van der Waals surface area contributed by atoms with Crippen LogP contribution in [-0.2, 0) is 11.3 Å². The Morgan fingerprint density at radius 1 is 1.28 bits per heavy atom. The number of hydrogen-bond acceptors (Lipinski definition) is 2. The topological polar surface area (TPSA) is 41.1 Å². The summed E-state index contributed by atoms with van der Waals surface area (Å²) in [5.41, 5.74) is 0.520. The maximum atomic E-state index is 13.3. The zero-order chi connectivity index (χ0) is 12.8. The largest absolute Gasteiger partial charge is 0.351 e. The number of carbonyl (C=O) groups is 1. The second kappa shape index (κ2) is 6.50. The molecule has 0 spiro atoms. The maximum Gasteiger partial charge on any atom is 0.234 e. The zero-order valence-corrected chi connectivity index (χ0v) is 10.4. The van der Waals surface area contributed by atoms with Gasteiger partial charge in [-0.15, -0.1) is 0 Å². The lowest BCUT2D eigenvalue weighted by molar-refractivity contribution is -0.120. The van der Waals surface area contributed by atoms with Crippen molar-refractivity contribution in [3.63, 3.8) is 0 Å². The van der Waals surface area contributed by atoms with E-state index >= 15 is 0 Å². The average Bonchev–Trinajstić information content (AvgIpc) is 2.88. The fourth-order valence-corrected chi connectivity index (χ4v) is 2.27. The molecule has 1 aliphatic rings. The van der Waals surface area contributed by atoms with Crippen molar-refractivity contribution in [3.8, 4) is 0 Å². The first-order valence-electron chi connectivity index (χ1n) is 6.49. The van der Waals surface area contributed by atoms with Crippen LogP contribution in [0.1, 0.15) is 31.2 Å². The summed E-state index contributed by atoms with van der Waals surface area (Å²) < 4.78 is 13.3. The van der Waals surface area contributed by atoms with Gasteiger partial charge in [-0.3, -0.25) is 4.79 Å². The van der Waals surface area contributed by atoms with Crippen LogP contribution in [0, 0.1) is 5.82 Å². The minimum atomic E-state index is -0.276. The summed E-state index contributed by atoms with van der Waals surface area (Å²) >= 11 is 0. The number of hydrogen-bond donors (Lipinski definition) is 2. The number of carbonyl (C=O) groups excluding carboxylic acids is 1. The third kappa shape index (κ3) is 3.81. The monoisotopic (exact) mass is 250 g/mol. The first-order chi connectivity index (χ1) is 8.75. The third-order valence-electron chi connectivity index (χ3n) is 3.34. The summed E-state index contributed by atoms with van der Waals surface area (Å²) in [6, 6.07) is 6.96. The normalized spacial score (nSPS) is 15.8. The molecule has 0 aliphatic heterocycles. The molecule has 0 heterocycles. The van der Waals surface area contributed by atoms with Gasteiger partial charge in [-0.05, 0) is 18.9 Å². The van der Waals surface area contributed by atoms with E-state index in [4.69, 9.17) is 0 Å². The molecule has 0 atom stereocenters. The minimum absolute atomic E-state index is 0.0786. The Morgan fingerprint density at radius 3 is 2.72 bits per heavy atom. The first-order valence-corrected chi connectivity index (χ1v) is 6.49. The van der Waals surface area contributed by atoms with Crippen LogP contribution in [0.25, 0.3) is 0 Å². The molecule has 18 heavy (non-hydrogen) atoms. The summed E-state index contributed by atoms with van der Waals surface area (Å²) in [6.07, 6.45) is 4.80. The minimum Gasteiger partial charge on any atom is -0.351 e. The second-order valence-electron chi connectivity index (χ2n) is 4.73. The van der Waals surface area contributed by atoms with E-state index in [2.05, 4.69) is 10.6 Å². The Hall–Kier alpha value is -1.42. The number of amides is 1. The van der Waals surface area contributed by atoms with Crippen molar-refractivity contribution >= 4 is 5.91 Å². The van der Waals surface area contributed by atoms with Crippen LogP contribution < -0.4 is 10.6 Å². The Kier molecular flexibility index (Phi) is 4.70. The Bertz CT molecular complexity index is 403. The molecule has 1 aromatic rings. The van der Waals surface area contributed by atoms with E-state index in [1.165, 1.54) is 18.9 Å². The summed E-state index contributed by atoms with van der Waals surface area (Å²) in [5.74, 6) is -0.355. The predicted molar refractivity (Wildman–Crippen MR) is 68.5 cm³/mol. The molecule has 0 unspecified atom stereocenters. The fraction of sp³-hybridized carbons (Fsp3) is 0.500. The number of benzene rings is 1. The average molecular weight is 250 g/mol. The standard InChI is InChI=1S/C14H19FN2O/c15-13-8-4-1-5-11(13)9-17-14(18)10-16-12-6-2-3-7-12/h1,4-5,8,12,16H,2-3,6-7,9-10H2,(H,17,18). The molecular formula is C14H19FN2O. The number of rotatable bonds is 5. The lowest BCUT2D eigenvalue weighted by atomic mass is 10.2. The Morgan fingerprint density at radius 2 is 2.00 bits per heavy atom. The smallest absolute Gasteiger partial charge is 0.234 e. The summed E-state index contributed by atoms with van der Waals surface area (Å²) in [6.45, 7) is 0.566. The van der Waals surface area contributed by atoms with Crippen LogP contribution in [0.2, 0.25) is 0 Å². The number of halogens is 1. The Labute approximate surface area is 107 Å².